The Labute approximate surface area is 195 Å². The summed E-state index contributed by atoms with van der Waals surface area (Å²) in [5.74, 6) is -5.04. The smallest absolute Gasteiger partial charge is 0.335 e. The van der Waals surface area contributed by atoms with E-state index in [2.05, 4.69) is 16.0 Å². The zero-order chi connectivity index (χ0) is 25.7. The Morgan fingerprint density at radius 2 is 1.55 bits per heavy atom. The van der Waals surface area contributed by atoms with Gasteiger partial charge in [0, 0.05) is 30.7 Å². The first-order valence-electron chi connectivity index (χ1n) is 10.3. The number of aliphatic carboxylic acids is 2. The van der Waals surface area contributed by atoms with E-state index in [-0.39, 0.29) is 24.6 Å². The maximum Gasteiger partial charge on any atom is 0.335 e. The van der Waals surface area contributed by atoms with Crippen LogP contribution < -0.4 is 16.0 Å². The summed E-state index contributed by atoms with van der Waals surface area (Å²) >= 11 is 1.24. The molecule has 0 aromatic rings. The molecule has 0 saturated heterocycles. The number of hydrogen-bond donors (Lipinski definition) is 9. The lowest BCUT2D eigenvalue weighted by atomic mass is 9.95. The molecule has 13 nitrogen and oxygen atoms in total. The highest BCUT2D eigenvalue weighted by molar-refractivity contribution is 7.98. The molecule has 0 aliphatic carbocycles. The van der Waals surface area contributed by atoms with Gasteiger partial charge in [0.2, 0.25) is 11.8 Å². The number of carbonyl (C=O) groups is 4. The number of aliphatic hydroxyl groups is 4. The molecule has 14 heteroatoms. The second kappa shape index (κ2) is 15.8. The minimum atomic E-state index is -2.34. The topological polar surface area (TPSA) is 226 Å². The van der Waals surface area contributed by atoms with Crippen LogP contribution in [0, 0.1) is 5.92 Å². The van der Waals surface area contributed by atoms with E-state index in [1.54, 1.807) is 13.3 Å². The fraction of sp³-hybridized carbons (Fsp3) is 0.789. The van der Waals surface area contributed by atoms with Crippen LogP contribution in [0.15, 0.2) is 0 Å². The molecule has 0 unspecified atom stereocenters. The maximum absolute atomic E-state index is 12.7. The molecule has 9 N–H and O–H groups in total. The molecule has 0 aromatic heterocycles. The summed E-state index contributed by atoms with van der Waals surface area (Å²) in [6.45, 7) is 1.28. The van der Waals surface area contributed by atoms with Crippen LogP contribution in [0.25, 0.3) is 0 Å². The van der Waals surface area contributed by atoms with Crippen molar-refractivity contribution in [2.24, 2.45) is 5.92 Å². The SMILES string of the molecule is CN[C@@H](C)CC[C@@H](CC(=O)NC[C@H](O)[C@@H](O)[C@H](O)[C@H](O)C(=O)O)C(=O)N[C@@H](CSC)C(=O)O. The van der Waals surface area contributed by atoms with Crippen LogP contribution in [0.2, 0.25) is 0 Å². The first-order valence-corrected chi connectivity index (χ1v) is 11.7. The molecule has 2 amide bonds. The molecule has 0 radical (unpaired) electrons. The summed E-state index contributed by atoms with van der Waals surface area (Å²) < 4.78 is 0. The molecule has 0 heterocycles. The minimum absolute atomic E-state index is 0.0314. The van der Waals surface area contributed by atoms with Crippen molar-refractivity contribution in [3.8, 4) is 0 Å². The summed E-state index contributed by atoms with van der Waals surface area (Å²) in [6, 6.07) is -1.09. The zero-order valence-corrected chi connectivity index (χ0v) is 19.6. The molecule has 0 rings (SSSR count). The Morgan fingerprint density at radius 1 is 0.939 bits per heavy atom. The monoisotopic (exact) mass is 497 g/mol. The number of amides is 2. The summed E-state index contributed by atoms with van der Waals surface area (Å²) in [4.78, 5) is 47.0. The van der Waals surface area contributed by atoms with Crippen LogP contribution >= 0.6 is 11.8 Å². The summed E-state index contributed by atoms with van der Waals surface area (Å²) in [5.41, 5.74) is 0. The molecule has 0 fully saturated rings. The minimum Gasteiger partial charge on any atom is -0.480 e. The van der Waals surface area contributed by atoms with E-state index in [9.17, 15) is 44.7 Å². The number of carboxylic acid groups (broad SMARTS) is 2. The molecule has 0 aliphatic heterocycles. The van der Waals surface area contributed by atoms with E-state index in [1.807, 2.05) is 6.92 Å². The molecule has 33 heavy (non-hydrogen) atoms. The molecule has 0 saturated carbocycles. The van der Waals surface area contributed by atoms with Gasteiger partial charge in [-0.3, -0.25) is 9.59 Å². The first kappa shape index (κ1) is 31.0. The predicted octanol–water partition coefficient (Wildman–Crippen LogP) is -3.04. The van der Waals surface area contributed by atoms with E-state index in [4.69, 9.17) is 5.11 Å². The van der Waals surface area contributed by atoms with Gasteiger partial charge in [-0.2, -0.15) is 11.8 Å². The Morgan fingerprint density at radius 3 is 2.03 bits per heavy atom. The van der Waals surface area contributed by atoms with E-state index in [0.717, 1.165) is 0 Å². The van der Waals surface area contributed by atoms with Crippen LogP contribution in [0.1, 0.15) is 26.2 Å². The average molecular weight is 498 g/mol. The third kappa shape index (κ3) is 11.6. The van der Waals surface area contributed by atoms with Crippen molar-refractivity contribution in [2.45, 2.75) is 62.7 Å². The van der Waals surface area contributed by atoms with E-state index >= 15 is 0 Å². The Bertz CT molecular complexity index is 653. The van der Waals surface area contributed by atoms with Gasteiger partial charge in [0.25, 0.3) is 0 Å². The fourth-order valence-corrected chi connectivity index (χ4v) is 3.31. The van der Waals surface area contributed by atoms with Crippen molar-refractivity contribution < 1.29 is 49.8 Å². The largest absolute Gasteiger partial charge is 0.480 e. The van der Waals surface area contributed by atoms with Gasteiger partial charge in [0.15, 0.2) is 6.10 Å². The van der Waals surface area contributed by atoms with Crippen molar-refractivity contribution in [2.75, 3.05) is 25.6 Å². The zero-order valence-electron chi connectivity index (χ0n) is 18.8. The standard InChI is InChI=1S/C19H35N3O10S/c1-9(20-2)4-5-10(17(28)22-11(8-33-3)18(29)30)6-13(24)21-7-12(23)14(25)15(26)16(27)19(31)32/h9-12,14-16,20,23,25-27H,4-8H2,1-3H3,(H,21,24)(H,22,28)(H,29,30)(H,31,32)/t9-,10-,11-,12-,14+,15-,16-/m0/s1. The van der Waals surface area contributed by atoms with Crippen molar-refractivity contribution in [1.82, 2.24) is 16.0 Å². The summed E-state index contributed by atoms with van der Waals surface area (Å²) in [7, 11) is 1.73. The van der Waals surface area contributed by atoms with Gasteiger partial charge in [0.05, 0.1) is 6.10 Å². The van der Waals surface area contributed by atoms with E-state index in [1.165, 1.54) is 11.8 Å². The second-order valence-corrected chi connectivity index (χ2v) is 8.57. The van der Waals surface area contributed by atoms with Crippen molar-refractivity contribution in [3.63, 3.8) is 0 Å². The number of rotatable bonds is 17. The van der Waals surface area contributed by atoms with Gasteiger partial charge in [-0.15, -0.1) is 0 Å². The van der Waals surface area contributed by atoms with Gasteiger partial charge >= 0.3 is 11.9 Å². The molecule has 7 atom stereocenters. The van der Waals surface area contributed by atoms with Crippen molar-refractivity contribution >= 4 is 35.5 Å². The summed E-state index contributed by atoms with van der Waals surface area (Å²) in [5, 5.41) is 64.0. The van der Waals surface area contributed by atoms with Crippen molar-refractivity contribution in [3.05, 3.63) is 0 Å². The van der Waals surface area contributed by atoms with Gasteiger partial charge in [0.1, 0.15) is 18.2 Å². The quantitative estimate of drug-likeness (QED) is 0.0977. The number of carbonyl (C=O) groups excluding carboxylic acids is 2. The highest BCUT2D eigenvalue weighted by atomic mass is 32.2. The lowest BCUT2D eigenvalue weighted by Crippen LogP contribution is -2.51. The lowest BCUT2D eigenvalue weighted by molar-refractivity contribution is -0.162. The number of aliphatic hydroxyl groups excluding tert-OH is 4. The summed E-state index contributed by atoms with van der Waals surface area (Å²) in [6.07, 6.45) is -6.26. The number of nitrogens with one attached hydrogen (secondary N) is 3. The average Bonchev–Trinajstić information content (AvgIpc) is 2.77. The molecule has 0 bridgehead atoms. The Balaban J connectivity index is 5.05. The third-order valence-corrected chi connectivity index (χ3v) is 5.69. The maximum atomic E-state index is 12.7. The number of carboxylic acids is 2. The van der Waals surface area contributed by atoms with Gasteiger partial charge in [-0.1, -0.05) is 0 Å². The van der Waals surface area contributed by atoms with Crippen LogP contribution in [0.4, 0.5) is 0 Å². The van der Waals surface area contributed by atoms with Gasteiger partial charge < -0.3 is 46.6 Å². The Hall–Kier alpha value is -1.97. The predicted molar refractivity (Wildman–Crippen MR) is 118 cm³/mol. The molecular formula is C19H35N3O10S. The highest BCUT2D eigenvalue weighted by Crippen LogP contribution is 2.15. The molecule has 0 aliphatic rings. The first-order chi connectivity index (χ1) is 15.3. The van der Waals surface area contributed by atoms with E-state index < -0.39 is 66.7 Å². The van der Waals surface area contributed by atoms with Crippen molar-refractivity contribution in [1.29, 1.82) is 0 Å². The third-order valence-electron chi connectivity index (χ3n) is 5.02. The molecule has 0 spiro atoms. The van der Waals surface area contributed by atoms with E-state index in [0.29, 0.717) is 6.42 Å². The van der Waals surface area contributed by atoms with Crippen LogP contribution in [0.5, 0.6) is 0 Å². The Kier molecular flexibility index (Phi) is 14.9. The fourth-order valence-electron chi connectivity index (χ4n) is 2.75. The lowest BCUT2D eigenvalue weighted by Gasteiger charge is -2.25. The molecule has 0 aromatic carbocycles. The normalized spacial score (nSPS) is 17.7. The second-order valence-electron chi connectivity index (χ2n) is 7.66. The van der Waals surface area contributed by atoms with Gasteiger partial charge in [-0.05, 0) is 33.1 Å². The number of hydrogen-bond acceptors (Lipinski definition) is 10. The highest BCUT2D eigenvalue weighted by Gasteiger charge is 2.34. The van der Waals surface area contributed by atoms with Crippen LogP contribution in [-0.2, 0) is 19.2 Å². The van der Waals surface area contributed by atoms with Crippen LogP contribution in [0.3, 0.4) is 0 Å². The van der Waals surface area contributed by atoms with Gasteiger partial charge in [-0.25, -0.2) is 9.59 Å². The van der Waals surface area contributed by atoms with Crippen LogP contribution in [-0.4, -0.2) is 116 Å². The number of thioether (sulfide) groups is 1. The molecule has 192 valence electrons. The molecular weight excluding hydrogens is 462 g/mol.